The van der Waals surface area contributed by atoms with Crippen molar-refractivity contribution in [3.8, 4) is 11.4 Å². The van der Waals surface area contributed by atoms with E-state index in [0.717, 1.165) is 29.3 Å². The van der Waals surface area contributed by atoms with Crippen LogP contribution in [0.4, 0.5) is 5.82 Å². The molecule has 0 radical (unpaired) electrons. The summed E-state index contributed by atoms with van der Waals surface area (Å²) < 4.78 is 0. The van der Waals surface area contributed by atoms with E-state index in [-0.39, 0.29) is 0 Å². The second-order valence-electron chi connectivity index (χ2n) is 6.19. The molecule has 0 atom stereocenters. The number of benzene rings is 1. The molecule has 0 fully saturated rings. The Morgan fingerprint density at radius 3 is 2.19 bits per heavy atom. The van der Waals surface area contributed by atoms with Crippen LogP contribution in [0, 0.1) is 5.92 Å². The molecular formula is C18H25N3. The second-order valence-corrected chi connectivity index (χ2v) is 6.19. The summed E-state index contributed by atoms with van der Waals surface area (Å²) in [5.74, 6) is 2.80. The average molecular weight is 283 g/mol. The van der Waals surface area contributed by atoms with Crippen molar-refractivity contribution < 1.29 is 0 Å². The lowest BCUT2D eigenvalue weighted by atomic mass is 10.0. The van der Waals surface area contributed by atoms with Gasteiger partial charge in [0, 0.05) is 24.4 Å². The Hall–Kier alpha value is -1.90. The highest BCUT2D eigenvalue weighted by molar-refractivity contribution is 5.58. The van der Waals surface area contributed by atoms with E-state index in [1.807, 2.05) is 13.1 Å². The Balaban J connectivity index is 2.37. The Kier molecular flexibility index (Phi) is 4.94. The van der Waals surface area contributed by atoms with E-state index in [2.05, 4.69) is 62.3 Å². The first-order valence-corrected chi connectivity index (χ1v) is 7.65. The monoisotopic (exact) mass is 283 g/mol. The molecule has 0 spiro atoms. The third-order valence-corrected chi connectivity index (χ3v) is 3.49. The van der Waals surface area contributed by atoms with E-state index in [1.54, 1.807) is 0 Å². The summed E-state index contributed by atoms with van der Waals surface area (Å²) in [6.07, 6.45) is 0.967. The Labute approximate surface area is 127 Å². The molecule has 1 aromatic carbocycles. The fourth-order valence-corrected chi connectivity index (χ4v) is 2.29. The van der Waals surface area contributed by atoms with Crippen molar-refractivity contribution >= 4 is 5.82 Å². The molecule has 2 aromatic rings. The third-order valence-electron chi connectivity index (χ3n) is 3.49. The number of nitrogens with zero attached hydrogens (tertiary/aromatic N) is 2. The van der Waals surface area contributed by atoms with Gasteiger partial charge in [0.2, 0.25) is 0 Å². The Morgan fingerprint density at radius 2 is 1.67 bits per heavy atom. The summed E-state index contributed by atoms with van der Waals surface area (Å²) in [5.41, 5.74) is 3.50. The molecule has 21 heavy (non-hydrogen) atoms. The van der Waals surface area contributed by atoms with E-state index >= 15 is 0 Å². The molecule has 0 aliphatic heterocycles. The minimum atomic E-state index is 0.542. The third kappa shape index (κ3) is 4.03. The van der Waals surface area contributed by atoms with Gasteiger partial charge in [-0.2, -0.15) is 0 Å². The fourth-order valence-electron chi connectivity index (χ4n) is 2.29. The van der Waals surface area contributed by atoms with Gasteiger partial charge in [-0.25, -0.2) is 9.97 Å². The Morgan fingerprint density at radius 1 is 1.00 bits per heavy atom. The predicted molar refractivity (Wildman–Crippen MR) is 89.6 cm³/mol. The number of aromatic nitrogens is 2. The van der Waals surface area contributed by atoms with Crippen molar-refractivity contribution in [3.05, 3.63) is 41.6 Å². The summed E-state index contributed by atoms with van der Waals surface area (Å²) in [6.45, 7) is 8.82. The summed E-state index contributed by atoms with van der Waals surface area (Å²) in [4.78, 5) is 9.30. The van der Waals surface area contributed by atoms with Gasteiger partial charge in [-0.3, -0.25) is 0 Å². The zero-order valence-electron chi connectivity index (χ0n) is 13.6. The largest absolute Gasteiger partial charge is 0.373 e. The van der Waals surface area contributed by atoms with Crippen molar-refractivity contribution in [2.24, 2.45) is 5.92 Å². The van der Waals surface area contributed by atoms with Gasteiger partial charge in [0.1, 0.15) is 5.82 Å². The van der Waals surface area contributed by atoms with Crippen molar-refractivity contribution in [3.63, 3.8) is 0 Å². The van der Waals surface area contributed by atoms with E-state index in [1.165, 1.54) is 5.56 Å². The molecule has 1 N–H and O–H groups in total. The zero-order chi connectivity index (χ0) is 15.4. The molecular weight excluding hydrogens is 258 g/mol. The first kappa shape index (κ1) is 15.5. The smallest absolute Gasteiger partial charge is 0.161 e. The van der Waals surface area contributed by atoms with Crippen LogP contribution in [-0.4, -0.2) is 17.0 Å². The van der Waals surface area contributed by atoms with E-state index < -0.39 is 0 Å². The lowest BCUT2D eigenvalue weighted by Gasteiger charge is -2.10. The van der Waals surface area contributed by atoms with Gasteiger partial charge in [-0.15, -0.1) is 0 Å². The molecule has 1 heterocycles. The van der Waals surface area contributed by atoms with Gasteiger partial charge in [-0.1, -0.05) is 52.0 Å². The zero-order valence-corrected chi connectivity index (χ0v) is 13.6. The SMILES string of the molecule is CNc1cc(CC(C)C)nc(-c2ccc(C(C)C)cc2)n1. The molecule has 0 amide bonds. The molecule has 0 aliphatic rings. The van der Waals surface area contributed by atoms with Crippen LogP contribution in [0.25, 0.3) is 11.4 Å². The van der Waals surface area contributed by atoms with Crippen LogP contribution < -0.4 is 5.32 Å². The topological polar surface area (TPSA) is 37.8 Å². The van der Waals surface area contributed by atoms with Crippen molar-refractivity contribution in [1.29, 1.82) is 0 Å². The maximum atomic E-state index is 4.72. The Bertz CT molecular complexity index is 586. The van der Waals surface area contributed by atoms with Crippen LogP contribution in [0.1, 0.15) is 44.9 Å². The summed E-state index contributed by atoms with van der Waals surface area (Å²) in [5, 5.41) is 3.13. The molecule has 0 bridgehead atoms. The molecule has 0 unspecified atom stereocenters. The highest BCUT2D eigenvalue weighted by Crippen LogP contribution is 2.22. The molecule has 3 nitrogen and oxygen atoms in total. The lowest BCUT2D eigenvalue weighted by molar-refractivity contribution is 0.635. The number of nitrogens with one attached hydrogen (secondary N) is 1. The van der Waals surface area contributed by atoms with E-state index in [9.17, 15) is 0 Å². The van der Waals surface area contributed by atoms with Gasteiger partial charge in [0.25, 0.3) is 0 Å². The molecule has 0 saturated heterocycles. The van der Waals surface area contributed by atoms with Gasteiger partial charge in [-0.05, 0) is 23.8 Å². The van der Waals surface area contributed by atoms with Crippen LogP contribution in [0.2, 0.25) is 0 Å². The van der Waals surface area contributed by atoms with Crippen LogP contribution in [-0.2, 0) is 6.42 Å². The minimum Gasteiger partial charge on any atom is -0.373 e. The van der Waals surface area contributed by atoms with Crippen LogP contribution >= 0.6 is 0 Å². The molecule has 3 heteroatoms. The fraction of sp³-hybridized carbons (Fsp3) is 0.444. The quantitative estimate of drug-likeness (QED) is 0.877. The normalized spacial score (nSPS) is 11.2. The molecule has 0 saturated carbocycles. The maximum Gasteiger partial charge on any atom is 0.161 e. The highest BCUT2D eigenvalue weighted by atomic mass is 15.0. The van der Waals surface area contributed by atoms with Gasteiger partial charge in [0.15, 0.2) is 5.82 Å². The van der Waals surface area contributed by atoms with Gasteiger partial charge >= 0.3 is 0 Å². The summed E-state index contributed by atoms with van der Waals surface area (Å²) >= 11 is 0. The van der Waals surface area contributed by atoms with Crippen molar-refractivity contribution in [1.82, 2.24) is 9.97 Å². The first-order chi connectivity index (χ1) is 9.99. The van der Waals surface area contributed by atoms with E-state index in [0.29, 0.717) is 11.8 Å². The van der Waals surface area contributed by atoms with Crippen molar-refractivity contribution in [2.75, 3.05) is 12.4 Å². The molecule has 1 aromatic heterocycles. The van der Waals surface area contributed by atoms with Crippen LogP contribution in [0.3, 0.4) is 0 Å². The summed E-state index contributed by atoms with van der Waals surface area (Å²) in [7, 11) is 1.90. The minimum absolute atomic E-state index is 0.542. The number of rotatable bonds is 5. The van der Waals surface area contributed by atoms with Gasteiger partial charge < -0.3 is 5.32 Å². The molecule has 0 aliphatic carbocycles. The second kappa shape index (κ2) is 6.70. The van der Waals surface area contributed by atoms with Crippen LogP contribution in [0.5, 0.6) is 0 Å². The molecule has 112 valence electrons. The van der Waals surface area contributed by atoms with E-state index in [4.69, 9.17) is 4.98 Å². The van der Waals surface area contributed by atoms with Gasteiger partial charge in [0.05, 0.1) is 0 Å². The van der Waals surface area contributed by atoms with Crippen molar-refractivity contribution in [2.45, 2.75) is 40.0 Å². The number of anilines is 1. The first-order valence-electron chi connectivity index (χ1n) is 7.65. The molecule has 2 rings (SSSR count). The maximum absolute atomic E-state index is 4.72. The average Bonchev–Trinajstić information content (AvgIpc) is 2.46. The standard InChI is InChI=1S/C18H25N3/c1-12(2)10-16-11-17(19-5)21-18(20-16)15-8-6-14(7-9-15)13(3)4/h6-9,11-13H,10H2,1-5H3,(H,19,20,21). The number of hydrogen-bond acceptors (Lipinski definition) is 3. The summed E-state index contributed by atoms with van der Waals surface area (Å²) in [6, 6.07) is 10.6. The number of hydrogen-bond donors (Lipinski definition) is 1. The lowest BCUT2D eigenvalue weighted by Crippen LogP contribution is -2.03. The predicted octanol–water partition coefficient (Wildman–Crippen LogP) is 4.51. The highest BCUT2D eigenvalue weighted by Gasteiger charge is 2.08. The van der Waals surface area contributed by atoms with Crippen LogP contribution in [0.15, 0.2) is 30.3 Å².